The van der Waals surface area contributed by atoms with Gasteiger partial charge in [-0.25, -0.2) is 15.0 Å². The van der Waals surface area contributed by atoms with E-state index in [-0.39, 0.29) is 48.3 Å². The number of imidazole rings is 2. The fourth-order valence-electron chi connectivity index (χ4n) is 8.17. The van der Waals surface area contributed by atoms with Gasteiger partial charge < -0.3 is 40.1 Å². The first kappa shape index (κ1) is 48.3. The Hall–Kier alpha value is -6.68. The Morgan fingerprint density at radius 2 is 1.52 bits per heavy atom. The van der Waals surface area contributed by atoms with Gasteiger partial charge in [0.15, 0.2) is 0 Å². The van der Waals surface area contributed by atoms with Crippen molar-refractivity contribution in [3.05, 3.63) is 80.6 Å². The van der Waals surface area contributed by atoms with Gasteiger partial charge in [-0.15, -0.1) is 11.3 Å². The zero-order chi connectivity index (χ0) is 48.1. The van der Waals surface area contributed by atoms with Crippen LogP contribution in [0.25, 0.3) is 22.1 Å². The van der Waals surface area contributed by atoms with Crippen LogP contribution < -0.4 is 31.6 Å². The minimum absolute atomic E-state index is 0.0393. The number of aliphatic hydroxyl groups excluding tert-OH is 1. The number of rotatable bonds is 19. The van der Waals surface area contributed by atoms with E-state index >= 15 is 0 Å². The van der Waals surface area contributed by atoms with E-state index in [1.165, 1.54) is 24.5 Å². The number of anilines is 2. The summed E-state index contributed by atoms with van der Waals surface area (Å²) < 4.78 is 17.4. The van der Waals surface area contributed by atoms with Crippen molar-refractivity contribution < 1.29 is 33.8 Å². The highest BCUT2D eigenvalue weighted by atomic mass is 32.1. The van der Waals surface area contributed by atoms with Gasteiger partial charge >= 0.3 is 0 Å². The molecule has 20 nitrogen and oxygen atoms in total. The van der Waals surface area contributed by atoms with E-state index in [2.05, 4.69) is 25.6 Å². The second-order valence-corrected chi connectivity index (χ2v) is 17.8. The molecular formula is C46H59N13O7S. The number of aromatic nitrogens is 7. The molecule has 4 amide bonds. The normalized spacial score (nSPS) is 13.9. The Balaban J connectivity index is 1.21. The van der Waals surface area contributed by atoms with Crippen molar-refractivity contribution in [2.45, 2.75) is 80.2 Å². The maximum Gasteiger partial charge on any atom is 0.276 e. The van der Waals surface area contributed by atoms with E-state index < -0.39 is 18.0 Å². The molecule has 1 aliphatic rings. The van der Waals surface area contributed by atoms with Crippen molar-refractivity contribution >= 4 is 68.9 Å². The van der Waals surface area contributed by atoms with Crippen LogP contribution in [0, 0.1) is 19.8 Å². The Kier molecular flexibility index (Phi) is 15.0. The molecule has 1 saturated heterocycles. The van der Waals surface area contributed by atoms with Crippen LogP contribution in [0.5, 0.6) is 11.5 Å². The zero-order valence-electron chi connectivity index (χ0n) is 39.0. The molecule has 67 heavy (non-hydrogen) atoms. The molecule has 5 heterocycles. The van der Waals surface area contributed by atoms with E-state index in [4.69, 9.17) is 30.9 Å². The standard InChI is InChI=1S/C46H59N13O7S/c1-8-31-39(67-28(6)49-31)43(63)53-46-50-32-22-29(40(47)60)24-35(65-7)37(32)57(46)14-10-11-15-58-38-33(51-45(58)52-42(62)34-21-27(5)54-59(34)9-2)23-30(41(48)61)25-36(38)66-20-12-13-55-16-18-56(19-17-55)44(64)26(3)4/h10-11,21-26,41,61H,8-9,12-20,48H2,1-7H3,(H2,47,60)(H,50,53,63)(H,51,52,62)/b11-10+. The van der Waals surface area contributed by atoms with Gasteiger partial charge in [0, 0.05) is 69.4 Å². The van der Waals surface area contributed by atoms with E-state index in [0.717, 1.165) is 24.6 Å². The number of nitrogens with one attached hydrogen (secondary N) is 2. The predicted molar refractivity (Wildman–Crippen MR) is 256 cm³/mol. The van der Waals surface area contributed by atoms with Crippen LogP contribution in [-0.4, -0.2) is 119 Å². The third-order valence-electron chi connectivity index (χ3n) is 11.5. The molecule has 0 saturated carbocycles. The molecule has 0 bridgehead atoms. The van der Waals surface area contributed by atoms with Crippen LogP contribution in [0.2, 0.25) is 0 Å². The Morgan fingerprint density at radius 3 is 2.12 bits per heavy atom. The Morgan fingerprint density at radius 1 is 0.881 bits per heavy atom. The minimum Gasteiger partial charge on any atom is -0.494 e. The summed E-state index contributed by atoms with van der Waals surface area (Å²) in [6.45, 7) is 16.1. The first-order chi connectivity index (χ1) is 32.1. The van der Waals surface area contributed by atoms with Crippen LogP contribution in [-0.2, 0) is 30.8 Å². The Bertz CT molecular complexity index is 2830. The van der Waals surface area contributed by atoms with Crippen LogP contribution in [0.4, 0.5) is 11.9 Å². The summed E-state index contributed by atoms with van der Waals surface area (Å²) in [5.74, 6) is -0.188. The molecule has 0 radical (unpaired) electrons. The SMILES string of the molecule is CCc1nc(C)sc1C(=O)Nc1nc2cc(C(N)=O)cc(OC)c2n1C/C=C/Cn1c(NC(=O)c2cc(C)nn2CC)nc2cc(C(N)O)cc(OCCCN3CCN(C(=O)C(C)C)CC3)c21. The molecule has 21 heteroatoms. The number of benzene rings is 2. The van der Waals surface area contributed by atoms with Crippen molar-refractivity contribution in [2.24, 2.45) is 17.4 Å². The predicted octanol–water partition coefficient (Wildman–Crippen LogP) is 4.63. The summed E-state index contributed by atoms with van der Waals surface area (Å²) in [5.41, 5.74) is 15.8. The number of nitrogens with zero attached hydrogens (tertiary/aromatic N) is 9. The average Bonchev–Trinajstić information content (AvgIpc) is 4.07. The number of aliphatic hydroxyl groups is 1. The number of carbonyl (C=O) groups is 4. The van der Waals surface area contributed by atoms with E-state index in [0.29, 0.717) is 100 Å². The molecule has 2 aromatic carbocycles. The number of nitrogens with two attached hydrogens (primary N) is 2. The smallest absolute Gasteiger partial charge is 0.276 e. The number of carbonyl (C=O) groups excluding carboxylic acids is 4. The first-order valence-corrected chi connectivity index (χ1v) is 23.2. The number of piperazine rings is 1. The number of amides is 4. The number of allylic oxidation sites excluding steroid dienone is 2. The van der Waals surface area contributed by atoms with Crippen LogP contribution in [0.1, 0.15) is 92.8 Å². The van der Waals surface area contributed by atoms with Gasteiger partial charge in [-0.05, 0) is 63.9 Å². The fourth-order valence-corrected chi connectivity index (χ4v) is 9.08. The fraction of sp³-hybridized carbons (Fsp3) is 0.435. The number of ether oxygens (including phenoxy) is 2. The average molecular weight is 938 g/mol. The summed E-state index contributed by atoms with van der Waals surface area (Å²) in [5, 5.41) is 21.7. The monoisotopic (exact) mass is 937 g/mol. The van der Waals surface area contributed by atoms with Gasteiger partial charge in [-0.3, -0.25) is 39.4 Å². The van der Waals surface area contributed by atoms with Gasteiger partial charge in [0.2, 0.25) is 23.7 Å². The number of methoxy groups -OCH3 is 1. The highest BCUT2D eigenvalue weighted by Gasteiger charge is 2.26. The van der Waals surface area contributed by atoms with Gasteiger partial charge in [0.05, 0.1) is 41.1 Å². The van der Waals surface area contributed by atoms with Gasteiger partial charge in [-0.2, -0.15) is 5.10 Å². The highest BCUT2D eigenvalue weighted by molar-refractivity contribution is 7.13. The number of hydrogen-bond acceptors (Lipinski definition) is 14. The van der Waals surface area contributed by atoms with Crippen LogP contribution >= 0.6 is 11.3 Å². The topological polar surface area (TPSA) is 256 Å². The summed E-state index contributed by atoms with van der Waals surface area (Å²) in [7, 11) is 1.47. The molecule has 1 aliphatic heterocycles. The number of fused-ring (bicyclic) bond motifs is 2. The summed E-state index contributed by atoms with van der Waals surface area (Å²) in [4.78, 5) is 71.3. The molecular weight excluding hydrogens is 879 g/mol. The Labute approximate surface area is 391 Å². The quantitative estimate of drug-likeness (QED) is 0.0423. The second-order valence-electron chi connectivity index (χ2n) is 16.6. The summed E-state index contributed by atoms with van der Waals surface area (Å²) in [6, 6.07) is 8.13. The zero-order valence-corrected chi connectivity index (χ0v) is 39.8. The molecule has 1 unspecified atom stereocenters. The van der Waals surface area contributed by atoms with Gasteiger partial charge in [0.1, 0.15) is 39.3 Å². The third kappa shape index (κ3) is 10.6. The molecule has 4 aromatic heterocycles. The number of thiazole rings is 1. The van der Waals surface area contributed by atoms with E-state index in [1.807, 2.05) is 63.2 Å². The lowest BCUT2D eigenvalue weighted by atomic mass is 10.1. The van der Waals surface area contributed by atoms with E-state index in [9.17, 15) is 24.3 Å². The summed E-state index contributed by atoms with van der Waals surface area (Å²) >= 11 is 1.29. The molecule has 0 aliphatic carbocycles. The molecule has 1 atom stereocenters. The van der Waals surface area contributed by atoms with Crippen LogP contribution in [0.15, 0.2) is 42.5 Å². The molecule has 6 aromatic rings. The highest BCUT2D eigenvalue weighted by Crippen LogP contribution is 2.34. The summed E-state index contributed by atoms with van der Waals surface area (Å²) in [6.07, 6.45) is 3.66. The molecule has 1 fully saturated rings. The maximum absolute atomic E-state index is 13.9. The molecule has 7 N–H and O–H groups in total. The number of aryl methyl sites for hydroxylation is 4. The lowest BCUT2D eigenvalue weighted by Crippen LogP contribution is -2.50. The number of hydrogen-bond donors (Lipinski definition) is 5. The van der Waals surface area contributed by atoms with E-state index in [1.54, 1.807) is 33.5 Å². The first-order valence-electron chi connectivity index (χ1n) is 22.4. The van der Waals surface area contributed by atoms with Gasteiger partial charge in [-0.1, -0.05) is 32.9 Å². The minimum atomic E-state index is -1.33. The molecule has 7 rings (SSSR count). The number of primary amides is 1. The lowest BCUT2D eigenvalue weighted by molar-refractivity contribution is -0.136. The van der Waals surface area contributed by atoms with Crippen molar-refractivity contribution in [3.8, 4) is 11.5 Å². The van der Waals surface area contributed by atoms with Crippen molar-refractivity contribution in [3.63, 3.8) is 0 Å². The van der Waals surface area contributed by atoms with Crippen molar-refractivity contribution in [2.75, 3.05) is 57.1 Å². The molecule has 356 valence electrons. The third-order valence-corrected chi connectivity index (χ3v) is 12.5. The van der Waals surface area contributed by atoms with Crippen molar-refractivity contribution in [1.82, 2.24) is 43.7 Å². The molecule has 0 spiro atoms. The van der Waals surface area contributed by atoms with Crippen LogP contribution in [0.3, 0.4) is 0 Å². The lowest BCUT2D eigenvalue weighted by Gasteiger charge is -2.35. The maximum atomic E-state index is 13.9. The second kappa shape index (κ2) is 20.9. The van der Waals surface area contributed by atoms with Gasteiger partial charge in [0.25, 0.3) is 11.8 Å². The van der Waals surface area contributed by atoms with Crippen molar-refractivity contribution in [1.29, 1.82) is 0 Å². The largest absolute Gasteiger partial charge is 0.494 e.